The first-order valence-electron chi connectivity index (χ1n) is 7.78. The highest BCUT2D eigenvalue weighted by atomic mass is 35.5. The van der Waals surface area contributed by atoms with Gasteiger partial charge in [0.15, 0.2) is 6.61 Å². The summed E-state index contributed by atoms with van der Waals surface area (Å²) < 4.78 is 7.39. The van der Waals surface area contributed by atoms with Crippen molar-refractivity contribution in [3.8, 4) is 0 Å². The molecule has 10 heteroatoms. The van der Waals surface area contributed by atoms with E-state index >= 15 is 0 Å². The van der Waals surface area contributed by atoms with Gasteiger partial charge in [0.25, 0.3) is 11.5 Å². The van der Waals surface area contributed by atoms with Crippen LogP contribution in [0.2, 0.25) is 10.0 Å². The van der Waals surface area contributed by atoms with Crippen LogP contribution in [0, 0.1) is 0 Å². The Labute approximate surface area is 163 Å². The summed E-state index contributed by atoms with van der Waals surface area (Å²) in [4.78, 5) is 35.1. The molecule has 0 saturated carbocycles. The number of anilines is 1. The fourth-order valence-corrected chi connectivity index (χ4v) is 2.73. The maximum absolute atomic E-state index is 12.7. The van der Waals surface area contributed by atoms with Crippen LogP contribution in [0.25, 0.3) is 5.52 Å². The molecule has 2 aromatic heterocycles. The number of amides is 1. The van der Waals surface area contributed by atoms with Crippen LogP contribution in [-0.4, -0.2) is 32.7 Å². The maximum atomic E-state index is 12.7. The first kappa shape index (κ1) is 18.9. The number of ether oxygens (including phenoxy) is 1. The van der Waals surface area contributed by atoms with E-state index in [2.05, 4.69) is 15.2 Å². The Bertz CT molecular complexity index is 1090. The topological polar surface area (TPSA) is 94.7 Å². The van der Waals surface area contributed by atoms with Crippen molar-refractivity contribution in [3.63, 3.8) is 0 Å². The molecule has 0 aliphatic carbocycles. The van der Waals surface area contributed by atoms with Crippen LogP contribution < -0.4 is 10.9 Å². The number of hydrogen-bond acceptors (Lipinski definition) is 5. The molecular formula is C17H14Cl2N4O4. The van der Waals surface area contributed by atoms with E-state index in [1.54, 1.807) is 18.2 Å². The Hall–Kier alpha value is -2.84. The van der Waals surface area contributed by atoms with Gasteiger partial charge >= 0.3 is 5.97 Å². The van der Waals surface area contributed by atoms with Crippen LogP contribution in [0.3, 0.4) is 0 Å². The number of rotatable bonds is 5. The molecule has 1 amide bonds. The zero-order chi connectivity index (χ0) is 19.6. The molecule has 3 aromatic rings. The van der Waals surface area contributed by atoms with Crippen molar-refractivity contribution < 1.29 is 14.3 Å². The minimum atomic E-state index is -0.556. The summed E-state index contributed by atoms with van der Waals surface area (Å²) in [5.41, 5.74) is 1.14. The van der Waals surface area contributed by atoms with Crippen LogP contribution in [0.15, 0.2) is 41.6 Å². The van der Waals surface area contributed by atoms with E-state index in [1.165, 1.54) is 34.6 Å². The molecule has 140 valence electrons. The van der Waals surface area contributed by atoms with Gasteiger partial charge in [-0.25, -0.2) is 4.52 Å². The second-order valence-electron chi connectivity index (χ2n) is 5.70. The molecule has 27 heavy (non-hydrogen) atoms. The number of fused-ring (bicyclic) bond motifs is 1. The Morgan fingerprint density at radius 3 is 2.70 bits per heavy atom. The van der Waals surface area contributed by atoms with Crippen molar-refractivity contribution in [2.24, 2.45) is 0 Å². The van der Waals surface area contributed by atoms with Crippen LogP contribution >= 0.6 is 23.2 Å². The molecule has 0 saturated heterocycles. The van der Waals surface area contributed by atoms with Gasteiger partial charge in [-0.05, 0) is 23.8 Å². The number of hydrogen-bond donors (Lipinski definition) is 1. The minimum absolute atomic E-state index is 0.262. The number of aromatic nitrogens is 3. The third-order valence-electron chi connectivity index (χ3n) is 3.62. The molecule has 3 rings (SSSR count). The van der Waals surface area contributed by atoms with Gasteiger partial charge in [-0.3, -0.25) is 19.0 Å². The average molecular weight is 409 g/mol. The van der Waals surface area contributed by atoms with E-state index in [1.807, 2.05) is 0 Å². The lowest BCUT2D eigenvalue weighted by atomic mass is 10.2. The minimum Gasteiger partial charge on any atom is -0.456 e. The second-order valence-corrected chi connectivity index (χ2v) is 6.51. The smallest absolute Gasteiger partial charge is 0.303 e. The normalized spacial score (nSPS) is 10.8. The van der Waals surface area contributed by atoms with Gasteiger partial charge in [0.05, 0.1) is 28.5 Å². The van der Waals surface area contributed by atoms with Gasteiger partial charge in [-0.15, -0.1) is 0 Å². The van der Waals surface area contributed by atoms with Gasteiger partial charge in [-0.1, -0.05) is 29.3 Å². The Morgan fingerprint density at radius 1 is 1.22 bits per heavy atom. The number of carbonyl (C=O) groups excluding carboxylic acids is 2. The highest BCUT2D eigenvalue weighted by Gasteiger charge is 2.11. The molecule has 0 unspecified atom stereocenters. The number of nitrogens with zero attached hydrogens (tertiary/aromatic N) is 3. The summed E-state index contributed by atoms with van der Waals surface area (Å²) >= 11 is 11.9. The van der Waals surface area contributed by atoms with E-state index in [4.69, 9.17) is 23.2 Å². The van der Waals surface area contributed by atoms with Crippen LogP contribution in [-0.2, 0) is 20.9 Å². The van der Waals surface area contributed by atoms with E-state index < -0.39 is 18.5 Å². The highest BCUT2D eigenvalue weighted by Crippen LogP contribution is 2.22. The SMILES string of the molecule is CC(=O)OCC(=O)Nc1cc2c(=O)n(Cc3ccc(Cl)c(Cl)c3)cnn2c1. The van der Waals surface area contributed by atoms with E-state index in [-0.39, 0.29) is 17.6 Å². The monoisotopic (exact) mass is 408 g/mol. The second kappa shape index (κ2) is 7.81. The predicted octanol–water partition coefficient (Wildman–Crippen LogP) is 2.35. The highest BCUT2D eigenvalue weighted by molar-refractivity contribution is 6.42. The van der Waals surface area contributed by atoms with Crippen molar-refractivity contribution in [3.05, 3.63) is 62.8 Å². The van der Waals surface area contributed by atoms with Crippen molar-refractivity contribution in [2.75, 3.05) is 11.9 Å². The summed E-state index contributed by atoms with van der Waals surface area (Å²) in [7, 11) is 0. The molecule has 1 N–H and O–H groups in total. The fourth-order valence-electron chi connectivity index (χ4n) is 2.40. The zero-order valence-electron chi connectivity index (χ0n) is 14.1. The van der Waals surface area contributed by atoms with Gasteiger partial charge < -0.3 is 10.1 Å². The third kappa shape index (κ3) is 4.47. The molecule has 0 bridgehead atoms. The van der Waals surface area contributed by atoms with Gasteiger partial charge in [0, 0.05) is 6.92 Å². The standard InChI is InChI=1S/C17H14Cl2N4O4/c1-10(24)27-8-16(25)21-12-5-15-17(26)22(9-20-23(15)7-12)6-11-2-3-13(18)14(19)4-11/h2-5,7,9H,6,8H2,1H3,(H,21,25). The predicted molar refractivity (Wildman–Crippen MR) is 100 cm³/mol. The molecule has 0 aliphatic heterocycles. The lowest BCUT2D eigenvalue weighted by Crippen LogP contribution is -2.23. The number of nitrogens with one attached hydrogen (secondary N) is 1. The van der Waals surface area contributed by atoms with E-state index in [0.717, 1.165) is 5.56 Å². The number of esters is 1. The molecule has 0 radical (unpaired) electrons. The Balaban J connectivity index is 1.82. The number of carbonyl (C=O) groups is 2. The fraction of sp³-hybridized carbons (Fsp3) is 0.176. The molecule has 8 nitrogen and oxygen atoms in total. The van der Waals surface area contributed by atoms with Gasteiger partial charge in [0.1, 0.15) is 11.8 Å². The summed E-state index contributed by atoms with van der Waals surface area (Å²) in [5.74, 6) is -1.07. The molecule has 0 atom stereocenters. The van der Waals surface area contributed by atoms with Crippen molar-refractivity contribution >= 4 is 46.3 Å². The van der Waals surface area contributed by atoms with E-state index in [0.29, 0.717) is 15.7 Å². The summed E-state index contributed by atoms with van der Waals surface area (Å²) in [6.45, 7) is 1.06. The van der Waals surface area contributed by atoms with Crippen molar-refractivity contribution in [2.45, 2.75) is 13.5 Å². The van der Waals surface area contributed by atoms with Crippen molar-refractivity contribution in [1.82, 2.24) is 14.2 Å². The lowest BCUT2D eigenvalue weighted by Gasteiger charge is -2.06. The molecule has 0 fully saturated rings. The largest absolute Gasteiger partial charge is 0.456 e. The summed E-state index contributed by atoms with van der Waals surface area (Å²) in [6, 6.07) is 6.60. The molecule has 2 heterocycles. The van der Waals surface area contributed by atoms with E-state index in [9.17, 15) is 14.4 Å². The number of benzene rings is 1. The molecule has 1 aromatic carbocycles. The molecular weight excluding hydrogens is 395 g/mol. The first-order chi connectivity index (χ1) is 12.8. The van der Waals surface area contributed by atoms with Crippen LogP contribution in [0.1, 0.15) is 12.5 Å². The van der Waals surface area contributed by atoms with Crippen LogP contribution in [0.5, 0.6) is 0 Å². The zero-order valence-corrected chi connectivity index (χ0v) is 15.6. The van der Waals surface area contributed by atoms with Crippen molar-refractivity contribution in [1.29, 1.82) is 0 Å². The molecule has 0 aliphatic rings. The Kier molecular flexibility index (Phi) is 5.48. The lowest BCUT2D eigenvalue weighted by molar-refractivity contribution is -0.144. The van der Waals surface area contributed by atoms with Gasteiger partial charge in [-0.2, -0.15) is 5.10 Å². The summed E-state index contributed by atoms with van der Waals surface area (Å²) in [5, 5.41) is 7.54. The Morgan fingerprint density at radius 2 is 2.00 bits per heavy atom. The quantitative estimate of drug-likeness (QED) is 0.653. The van der Waals surface area contributed by atoms with Crippen LogP contribution in [0.4, 0.5) is 5.69 Å². The summed E-state index contributed by atoms with van der Waals surface area (Å²) in [6.07, 6.45) is 2.88. The molecule has 0 spiro atoms. The number of halogens is 2. The maximum Gasteiger partial charge on any atom is 0.303 e. The van der Waals surface area contributed by atoms with Gasteiger partial charge in [0.2, 0.25) is 0 Å². The third-order valence-corrected chi connectivity index (χ3v) is 4.36. The average Bonchev–Trinajstić information content (AvgIpc) is 3.02. The first-order valence-corrected chi connectivity index (χ1v) is 8.54.